The quantitative estimate of drug-likeness (QED) is 0.474. The van der Waals surface area contributed by atoms with Crippen LogP contribution in [0.1, 0.15) is 30.1 Å². The van der Waals surface area contributed by atoms with Gasteiger partial charge in [-0.25, -0.2) is 0 Å². The van der Waals surface area contributed by atoms with Crippen molar-refractivity contribution in [3.63, 3.8) is 0 Å². The summed E-state index contributed by atoms with van der Waals surface area (Å²) in [5.41, 5.74) is 6.58. The van der Waals surface area contributed by atoms with Crippen LogP contribution < -0.4 is 11.1 Å². The minimum Gasteiger partial charge on any atom is -0.466 e. The first-order valence-electron chi connectivity index (χ1n) is 5.93. The average Bonchev–Trinajstić information content (AvgIpc) is 2.35. The van der Waals surface area contributed by atoms with E-state index in [4.69, 9.17) is 10.5 Å². The molecular weight excluding hydrogens is 268 g/mol. The Kier molecular flexibility index (Phi) is 8.37. The zero-order valence-electron chi connectivity index (χ0n) is 10.8. The van der Waals surface area contributed by atoms with E-state index in [1.165, 1.54) is 0 Å². The van der Waals surface area contributed by atoms with Gasteiger partial charge in [0.15, 0.2) is 0 Å². The first-order chi connectivity index (χ1) is 8.65. The highest BCUT2D eigenvalue weighted by Crippen LogP contribution is 2.09. The molecule has 0 heterocycles. The molecule has 106 valence electrons. The Morgan fingerprint density at radius 3 is 2.63 bits per heavy atom. The molecule has 0 aliphatic carbocycles. The topological polar surface area (TPSA) is 81.4 Å². The SMILES string of the molecule is CCOC(=O)CCCNC(=O)c1ccccc1N.Cl. The van der Waals surface area contributed by atoms with E-state index >= 15 is 0 Å². The van der Waals surface area contributed by atoms with Gasteiger partial charge in [0.25, 0.3) is 5.91 Å². The summed E-state index contributed by atoms with van der Waals surface area (Å²) in [6, 6.07) is 6.86. The number of amides is 1. The lowest BCUT2D eigenvalue weighted by Gasteiger charge is -2.07. The van der Waals surface area contributed by atoms with Crippen LogP contribution in [-0.4, -0.2) is 25.0 Å². The number of carbonyl (C=O) groups excluding carboxylic acids is 2. The van der Waals surface area contributed by atoms with E-state index in [0.717, 1.165) is 0 Å². The molecule has 0 saturated heterocycles. The molecular formula is C13H19ClN2O3. The van der Waals surface area contributed by atoms with E-state index < -0.39 is 0 Å². The summed E-state index contributed by atoms with van der Waals surface area (Å²) in [6.45, 7) is 2.57. The number of hydrogen-bond acceptors (Lipinski definition) is 4. The predicted molar refractivity (Wildman–Crippen MR) is 76.3 cm³/mol. The van der Waals surface area contributed by atoms with E-state index in [1.54, 1.807) is 31.2 Å². The van der Waals surface area contributed by atoms with Gasteiger partial charge in [0, 0.05) is 18.7 Å². The molecule has 1 aromatic rings. The van der Waals surface area contributed by atoms with Crippen LogP contribution in [0, 0.1) is 0 Å². The lowest BCUT2D eigenvalue weighted by atomic mass is 10.1. The van der Waals surface area contributed by atoms with Crippen molar-refractivity contribution in [3.05, 3.63) is 29.8 Å². The second-order valence-corrected chi connectivity index (χ2v) is 3.75. The number of ether oxygens (including phenoxy) is 1. The van der Waals surface area contributed by atoms with E-state index in [2.05, 4.69) is 5.32 Å². The van der Waals surface area contributed by atoms with Gasteiger partial charge in [-0.1, -0.05) is 12.1 Å². The van der Waals surface area contributed by atoms with Crippen LogP contribution in [0.25, 0.3) is 0 Å². The molecule has 0 aromatic heterocycles. The summed E-state index contributed by atoms with van der Waals surface area (Å²) in [7, 11) is 0. The molecule has 0 fully saturated rings. The summed E-state index contributed by atoms with van der Waals surface area (Å²) < 4.78 is 4.78. The summed E-state index contributed by atoms with van der Waals surface area (Å²) in [6.07, 6.45) is 0.857. The summed E-state index contributed by atoms with van der Waals surface area (Å²) in [4.78, 5) is 22.8. The molecule has 0 aliphatic heterocycles. The molecule has 0 unspecified atom stereocenters. The van der Waals surface area contributed by atoms with E-state index in [9.17, 15) is 9.59 Å². The van der Waals surface area contributed by atoms with Gasteiger partial charge in [-0.2, -0.15) is 0 Å². The Bertz CT molecular complexity index is 424. The second kappa shape index (κ2) is 9.22. The number of hydrogen-bond donors (Lipinski definition) is 2. The lowest BCUT2D eigenvalue weighted by Crippen LogP contribution is -2.25. The average molecular weight is 287 g/mol. The van der Waals surface area contributed by atoms with Gasteiger partial charge in [0.1, 0.15) is 0 Å². The minimum absolute atomic E-state index is 0. The monoisotopic (exact) mass is 286 g/mol. The smallest absolute Gasteiger partial charge is 0.305 e. The van der Waals surface area contributed by atoms with Crippen LogP contribution in [0.15, 0.2) is 24.3 Å². The number of benzene rings is 1. The molecule has 1 aromatic carbocycles. The molecule has 3 N–H and O–H groups in total. The first-order valence-corrected chi connectivity index (χ1v) is 5.93. The first kappa shape index (κ1) is 17.2. The van der Waals surface area contributed by atoms with E-state index in [1.807, 2.05) is 0 Å². The van der Waals surface area contributed by atoms with Crippen molar-refractivity contribution in [2.75, 3.05) is 18.9 Å². The number of nitrogens with two attached hydrogens (primary N) is 1. The molecule has 1 amide bonds. The van der Waals surface area contributed by atoms with Crippen molar-refractivity contribution >= 4 is 30.0 Å². The van der Waals surface area contributed by atoms with Crippen molar-refractivity contribution < 1.29 is 14.3 Å². The molecule has 0 aliphatic rings. The van der Waals surface area contributed by atoms with Gasteiger partial charge in [0.2, 0.25) is 0 Å². The maximum Gasteiger partial charge on any atom is 0.305 e. The highest BCUT2D eigenvalue weighted by molar-refractivity contribution is 5.99. The Balaban J connectivity index is 0.00000324. The molecule has 0 radical (unpaired) electrons. The normalized spacial score (nSPS) is 9.32. The van der Waals surface area contributed by atoms with Crippen molar-refractivity contribution in [3.8, 4) is 0 Å². The summed E-state index contributed by atoms with van der Waals surface area (Å²) in [5.74, 6) is -0.470. The zero-order valence-corrected chi connectivity index (χ0v) is 11.7. The fourth-order valence-electron chi connectivity index (χ4n) is 1.47. The molecule has 0 bridgehead atoms. The van der Waals surface area contributed by atoms with Crippen LogP contribution in [-0.2, 0) is 9.53 Å². The number of halogens is 1. The van der Waals surface area contributed by atoms with Crippen LogP contribution in [0.4, 0.5) is 5.69 Å². The fraction of sp³-hybridized carbons (Fsp3) is 0.385. The van der Waals surface area contributed by atoms with Crippen molar-refractivity contribution in [2.45, 2.75) is 19.8 Å². The second-order valence-electron chi connectivity index (χ2n) is 3.75. The number of rotatable bonds is 6. The lowest BCUT2D eigenvalue weighted by molar-refractivity contribution is -0.143. The van der Waals surface area contributed by atoms with Crippen LogP contribution in [0.2, 0.25) is 0 Å². The highest BCUT2D eigenvalue weighted by atomic mass is 35.5. The van der Waals surface area contributed by atoms with Crippen LogP contribution >= 0.6 is 12.4 Å². The predicted octanol–water partition coefficient (Wildman–Crippen LogP) is 1.76. The Morgan fingerprint density at radius 2 is 2.00 bits per heavy atom. The van der Waals surface area contributed by atoms with E-state index in [0.29, 0.717) is 37.2 Å². The van der Waals surface area contributed by atoms with Crippen molar-refractivity contribution in [1.82, 2.24) is 5.32 Å². The number of esters is 1. The Hall–Kier alpha value is -1.75. The van der Waals surface area contributed by atoms with Gasteiger partial charge < -0.3 is 15.8 Å². The largest absolute Gasteiger partial charge is 0.466 e. The molecule has 6 heteroatoms. The number of para-hydroxylation sites is 1. The molecule has 0 spiro atoms. The summed E-state index contributed by atoms with van der Waals surface area (Å²) in [5, 5.41) is 2.71. The van der Waals surface area contributed by atoms with Gasteiger partial charge in [-0.3, -0.25) is 9.59 Å². The zero-order chi connectivity index (χ0) is 13.4. The third kappa shape index (κ3) is 6.10. The van der Waals surface area contributed by atoms with Gasteiger partial charge >= 0.3 is 5.97 Å². The van der Waals surface area contributed by atoms with E-state index in [-0.39, 0.29) is 24.3 Å². The molecule has 0 atom stereocenters. The molecule has 1 rings (SSSR count). The van der Waals surface area contributed by atoms with Crippen LogP contribution in [0.3, 0.4) is 0 Å². The number of anilines is 1. The van der Waals surface area contributed by atoms with Gasteiger partial charge in [-0.15, -0.1) is 12.4 Å². The van der Waals surface area contributed by atoms with Gasteiger partial charge in [-0.05, 0) is 25.5 Å². The summed E-state index contributed by atoms with van der Waals surface area (Å²) >= 11 is 0. The van der Waals surface area contributed by atoms with Crippen LogP contribution in [0.5, 0.6) is 0 Å². The molecule has 0 saturated carbocycles. The molecule has 5 nitrogen and oxygen atoms in total. The maximum atomic E-state index is 11.7. The Labute approximate surface area is 118 Å². The maximum absolute atomic E-state index is 11.7. The number of carbonyl (C=O) groups is 2. The Morgan fingerprint density at radius 1 is 1.32 bits per heavy atom. The number of nitrogens with one attached hydrogen (secondary N) is 1. The standard InChI is InChI=1S/C13H18N2O3.ClH/c1-2-18-12(16)8-5-9-15-13(17)10-6-3-4-7-11(10)14;/h3-4,6-7H,2,5,8-9,14H2,1H3,(H,15,17);1H. The third-order valence-electron chi connectivity index (χ3n) is 2.35. The number of nitrogen functional groups attached to an aromatic ring is 1. The fourth-order valence-corrected chi connectivity index (χ4v) is 1.47. The third-order valence-corrected chi connectivity index (χ3v) is 2.35. The van der Waals surface area contributed by atoms with Crippen molar-refractivity contribution in [1.29, 1.82) is 0 Å². The molecule has 19 heavy (non-hydrogen) atoms. The highest BCUT2D eigenvalue weighted by Gasteiger charge is 2.08. The minimum atomic E-state index is -0.244. The van der Waals surface area contributed by atoms with Crippen molar-refractivity contribution in [2.24, 2.45) is 0 Å². The van der Waals surface area contributed by atoms with Gasteiger partial charge in [0.05, 0.1) is 12.2 Å².